The van der Waals surface area contributed by atoms with Gasteiger partial charge >= 0.3 is 0 Å². The van der Waals surface area contributed by atoms with Crippen molar-refractivity contribution in [1.82, 2.24) is 5.32 Å². The van der Waals surface area contributed by atoms with Crippen LogP contribution in [0, 0.1) is 0 Å². The highest BCUT2D eigenvalue weighted by atomic mass is 31.2. The molecule has 0 rings (SSSR count). The van der Waals surface area contributed by atoms with E-state index in [4.69, 9.17) is 9.05 Å². The van der Waals surface area contributed by atoms with Gasteiger partial charge in [0, 0.05) is 6.42 Å². The lowest BCUT2D eigenvalue weighted by Crippen LogP contribution is -2.45. The molecule has 9 heteroatoms. The summed E-state index contributed by atoms with van der Waals surface area (Å²) >= 11 is 0. The summed E-state index contributed by atoms with van der Waals surface area (Å²) in [7, 11) is 1.27. The molecule has 0 saturated heterocycles. The topological polar surface area (TPSA) is 108 Å². The van der Waals surface area contributed by atoms with E-state index in [1.165, 1.54) is 218 Å². The van der Waals surface area contributed by atoms with Crippen molar-refractivity contribution in [3.63, 3.8) is 0 Å². The maximum atomic E-state index is 12.9. The Morgan fingerprint density at radius 1 is 0.523 bits per heavy atom. The summed E-state index contributed by atoms with van der Waals surface area (Å²) < 4.78 is 23.3. The Morgan fingerprint density at radius 2 is 0.846 bits per heavy atom. The Morgan fingerprint density at radius 3 is 1.20 bits per heavy atom. The Labute approximate surface area is 404 Å². The Bertz CT molecular complexity index is 1110. The molecule has 3 unspecified atom stereocenters. The Hall–Kier alpha value is -1.02. The minimum atomic E-state index is -4.59. The summed E-state index contributed by atoms with van der Waals surface area (Å²) in [5.74, 6) is -0.198. The first-order chi connectivity index (χ1) is 31.5. The van der Waals surface area contributed by atoms with Crippen molar-refractivity contribution in [1.29, 1.82) is 0 Å². The summed E-state index contributed by atoms with van der Waals surface area (Å²) in [5, 5.41) is 13.9. The smallest absolute Gasteiger partial charge is 0.268 e. The second kappa shape index (κ2) is 48.0. The Kier molecular flexibility index (Phi) is 47.3. The fourth-order valence-corrected chi connectivity index (χ4v) is 9.17. The van der Waals surface area contributed by atoms with Crippen molar-refractivity contribution in [2.45, 2.75) is 289 Å². The van der Waals surface area contributed by atoms with Crippen LogP contribution in [0.4, 0.5) is 0 Å². The van der Waals surface area contributed by atoms with Crippen LogP contribution >= 0.6 is 7.82 Å². The first-order valence-electron chi connectivity index (χ1n) is 28.2. The summed E-state index contributed by atoms with van der Waals surface area (Å²) in [6, 6.07) is -0.887. The molecule has 386 valence electrons. The van der Waals surface area contributed by atoms with E-state index < -0.39 is 20.0 Å². The van der Waals surface area contributed by atoms with E-state index in [-0.39, 0.29) is 19.1 Å². The van der Waals surface area contributed by atoms with Gasteiger partial charge in [-0.2, -0.15) is 0 Å². The van der Waals surface area contributed by atoms with Gasteiger partial charge in [0.25, 0.3) is 7.82 Å². The molecule has 8 nitrogen and oxygen atoms in total. The van der Waals surface area contributed by atoms with E-state index in [1.807, 2.05) is 27.2 Å². The van der Waals surface area contributed by atoms with Crippen LogP contribution in [-0.2, 0) is 18.4 Å². The zero-order chi connectivity index (χ0) is 47.8. The second-order valence-corrected chi connectivity index (χ2v) is 22.1. The zero-order valence-corrected chi connectivity index (χ0v) is 44.9. The number of carbonyl (C=O) groups excluding carboxylic acids is 1. The predicted octanol–water partition coefficient (Wildman–Crippen LogP) is 16.2. The molecule has 0 aliphatic rings. The van der Waals surface area contributed by atoms with Crippen molar-refractivity contribution in [3.8, 4) is 0 Å². The minimum Gasteiger partial charge on any atom is -0.756 e. The molecule has 0 bridgehead atoms. The molecular formula is C56H111N2O6P. The van der Waals surface area contributed by atoms with Crippen LogP contribution in [0.25, 0.3) is 0 Å². The van der Waals surface area contributed by atoms with Gasteiger partial charge in [0.05, 0.1) is 39.9 Å². The van der Waals surface area contributed by atoms with E-state index in [9.17, 15) is 19.4 Å². The average molecular weight is 939 g/mol. The number of nitrogens with one attached hydrogen (secondary N) is 1. The quantitative estimate of drug-likeness (QED) is 0.0272. The maximum Gasteiger partial charge on any atom is 0.268 e. The fraction of sp³-hybridized carbons (Fsp3) is 0.911. The third-order valence-corrected chi connectivity index (χ3v) is 13.9. The number of nitrogens with zero attached hydrogens (tertiary/aromatic N) is 1. The average Bonchev–Trinajstić information content (AvgIpc) is 3.26. The number of aliphatic hydroxyl groups is 1. The number of unbranched alkanes of at least 4 members (excludes halogenated alkanes) is 37. The van der Waals surface area contributed by atoms with E-state index in [0.717, 1.165) is 38.5 Å². The molecule has 0 aromatic rings. The molecule has 65 heavy (non-hydrogen) atoms. The number of allylic oxidation sites excluding steroid dienone is 3. The predicted molar refractivity (Wildman–Crippen MR) is 279 cm³/mol. The summed E-state index contributed by atoms with van der Waals surface area (Å²) in [6.07, 6.45) is 59.6. The molecular weight excluding hydrogens is 828 g/mol. The number of hydrogen-bond acceptors (Lipinski definition) is 6. The SMILES string of the molecule is CCCCCCCCCC/C=C\CCCCCCCCCC(=O)NC(COP(=O)([O-])OCC[N+](C)(C)C)C(O)/C=C/CCCCCCCCCCCCCCCCCCCCCCCC. The molecule has 0 heterocycles. The first kappa shape index (κ1) is 64.0. The lowest BCUT2D eigenvalue weighted by molar-refractivity contribution is -0.870. The van der Waals surface area contributed by atoms with Crippen LogP contribution in [0.3, 0.4) is 0 Å². The standard InChI is InChI=1S/C56H111N2O6P/c1-6-8-10-12-14-16-18-20-22-24-26-27-28-29-30-32-33-35-37-39-41-43-45-47-49-55(59)54(53-64-65(61,62)63-52-51-58(3,4)5)57-56(60)50-48-46-44-42-40-38-36-34-31-25-23-21-19-17-15-13-11-9-7-2/h25,31,47,49,54-55,59H,6-24,26-30,32-46,48,50-53H2,1-5H3,(H-,57,60,61,62)/b31-25-,49-47+. The van der Waals surface area contributed by atoms with Gasteiger partial charge in [-0.15, -0.1) is 0 Å². The number of phosphoric acid groups is 1. The molecule has 2 N–H and O–H groups in total. The van der Waals surface area contributed by atoms with Crippen LogP contribution < -0.4 is 10.2 Å². The van der Waals surface area contributed by atoms with Gasteiger partial charge in [0.15, 0.2) is 0 Å². The zero-order valence-electron chi connectivity index (χ0n) is 44.0. The van der Waals surface area contributed by atoms with Gasteiger partial charge in [-0.05, 0) is 44.9 Å². The third kappa shape index (κ3) is 50.7. The fourth-order valence-electron chi connectivity index (χ4n) is 8.44. The van der Waals surface area contributed by atoms with Gasteiger partial charge in [0.1, 0.15) is 13.2 Å². The monoisotopic (exact) mass is 939 g/mol. The summed E-state index contributed by atoms with van der Waals surface area (Å²) in [4.78, 5) is 25.5. The van der Waals surface area contributed by atoms with Crippen LogP contribution in [-0.4, -0.2) is 68.5 Å². The van der Waals surface area contributed by atoms with E-state index in [0.29, 0.717) is 17.4 Å². The van der Waals surface area contributed by atoms with Gasteiger partial charge in [0.2, 0.25) is 5.91 Å². The number of amides is 1. The molecule has 0 aliphatic heterocycles. The molecule has 3 atom stereocenters. The van der Waals surface area contributed by atoms with E-state index >= 15 is 0 Å². The summed E-state index contributed by atoms with van der Waals surface area (Å²) in [6.45, 7) is 4.68. The second-order valence-electron chi connectivity index (χ2n) is 20.6. The van der Waals surface area contributed by atoms with E-state index in [1.54, 1.807) is 6.08 Å². The third-order valence-electron chi connectivity index (χ3n) is 12.9. The van der Waals surface area contributed by atoms with Gasteiger partial charge in [-0.1, -0.05) is 250 Å². The number of carbonyl (C=O) groups is 1. The lowest BCUT2D eigenvalue weighted by atomic mass is 10.0. The van der Waals surface area contributed by atoms with Crippen LogP contribution in [0.2, 0.25) is 0 Å². The highest BCUT2D eigenvalue weighted by Crippen LogP contribution is 2.38. The number of hydrogen-bond donors (Lipinski definition) is 2. The highest BCUT2D eigenvalue weighted by Gasteiger charge is 2.23. The number of quaternary nitrogens is 1. The molecule has 0 fully saturated rings. The summed E-state index contributed by atoms with van der Waals surface area (Å²) in [5.41, 5.74) is 0. The van der Waals surface area contributed by atoms with Crippen molar-refractivity contribution in [3.05, 3.63) is 24.3 Å². The highest BCUT2D eigenvalue weighted by molar-refractivity contribution is 7.45. The number of phosphoric ester groups is 1. The normalized spacial score (nSPS) is 14.1. The Balaban J connectivity index is 4.23. The molecule has 0 spiro atoms. The number of likely N-dealkylation sites (N-methyl/N-ethyl adjacent to an activating group) is 1. The molecule has 0 aliphatic carbocycles. The number of aliphatic hydroxyl groups excluding tert-OH is 1. The first-order valence-corrected chi connectivity index (χ1v) is 29.7. The van der Waals surface area contributed by atoms with Gasteiger partial charge in [-0.3, -0.25) is 9.36 Å². The van der Waals surface area contributed by atoms with Crippen LogP contribution in [0.5, 0.6) is 0 Å². The van der Waals surface area contributed by atoms with Crippen LogP contribution in [0.15, 0.2) is 24.3 Å². The maximum absolute atomic E-state index is 12.9. The molecule has 0 radical (unpaired) electrons. The van der Waals surface area contributed by atoms with Crippen LogP contribution in [0.1, 0.15) is 277 Å². The van der Waals surface area contributed by atoms with Crippen molar-refractivity contribution in [2.24, 2.45) is 0 Å². The molecule has 0 saturated carbocycles. The van der Waals surface area contributed by atoms with Crippen molar-refractivity contribution in [2.75, 3.05) is 40.9 Å². The van der Waals surface area contributed by atoms with Gasteiger partial charge in [-0.25, -0.2) is 0 Å². The van der Waals surface area contributed by atoms with Crippen molar-refractivity contribution < 1.29 is 32.9 Å². The van der Waals surface area contributed by atoms with Crippen molar-refractivity contribution >= 4 is 13.7 Å². The largest absolute Gasteiger partial charge is 0.756 e. The number of rotatable bonds is 52. The minimum absolute atomic E-state index is 0.000252. The van der Waals surface area contributed by atoms with Gasteiger partial charge < -0.3 is 28.8 Å². The lowest BCUT2D eigenvalue weighted by Gasteiger charge is -2.29. The van der Waals surface area contributed by atoms with E-state index in [2.05, 4.69) is 31.3 Å². The molecule has 1 amide bonds. The molecule has 0 aromatic carbocycles. The molecule has 0 aromatic heterocycles.